The summed E-state index contributed by atoms with van der Waals surface area (Å²) in [5, 5.41) is 1.66. The molecule has 7 heteroatoms. The first-order chi connectivity index (χ1) is 11.7. The molecule has 2 aromatic rings. The van der Waals surface area contributed by atoms with Gasteiger partial charge in [-0.1, -0.05) is 29.0 Å². The number of nitrogens with zero attached hydrogens (tertiary/aromatic N) is 3. The average molecular weight is 366 g/mol. The molecule has 0 aliphatic carbocycles. The molecule has 1 aromatic heterocycles. The van der Waals surface area contributed by atoms with Gasteiger partial charge in [0.2, 0.25) is 5.91 Å². The van der Waals surface area contributed by atoms with E-state index in [1.54, 1.807) is 11.3 Å². The quantitative estimate of drug-likeness (QED) is 0.820. The lowest BCUT2D eigenvalue weighted by Crippen LogP contribution is -2.48. The van der Waals surface area contributed by atoms with Gasteiger partial charge in [0.15, 0.2) is 5.13 Å². The number of para-hydroxylation sites is 1. The number of rotatable bonds is 2. The highest BCUT2D eigenvalue weighted by Crippen LogP contribution is 2.34. The van der Waals surface area contributed by atoms with Gasteiger partial charge in [-0.2, -0.15) is 0 Å². The molecule has 5 nitrogen and oxygen atoms in total. The third-order valence-corrected chi connectivity index (χ3v) is 6.11. The van der Waals surface area contributed by atoms with Crippen LogP contribution in [-0.2, 0) is 9.53 Å². The summed E-state index contributed by atoms with van der Waals surface area (Å²) in [6.07, 6.45) is 1.97. The lowest BCUT2D eigenvalue weighted by atomic mass is 9.96. The summed E-state index contributed by atoms with van der Waals surface area (Å²) in [4.78, 5) is 21.7. The highest BCUT2D eigenvalue weighted by Gasteiger charge is 2.31. The van der Waals surface area contributed by atoms with E-state index in [-0.39, 0.29) is 11.8 Å². The number of aromatic nitrogens is 1. The maximum Gasteiger partial charge on any atom is 0.227 e. The van der Waals surface area contributed by atoms with E-state index in [2.05, 4.69) is 4.90 Å². The Morgan fingerprint density at radius 1 is 1.29 bits per heavy atom. The standard InChI is InChI=1S/C17H20ClN3O2S/c18-13-4-1-5-14-15(13)19-17(24-14)21-6-2-3-12(11-21)16(22)20-7-9-23-10-8-20/h1,4-5,12H,2-3,6-11H2. The van der Waals surface area contributed by atoms with Crippen LogP contribution in [0.5, 0.6) is 0 Å². The van der Waals surface area contributed by atoms with E-state index >= 15 is 0 Å². The molecule has 1 amide bonds. The van der Waals surface area contributed by atoms with Crippen molar-refractivity contribution in [3.63, 3.8) is 0 Å². The first-order valence-electron chi connectivity index (χ1n) is 8.39. The van der Waals surface area contributed by atoms with Crippen LogP contribution in [0.15, 0.2) is 18.2 Å². The Hall–Kier alpha value is -1.37. The first-order valence-corrected chi connectivity index (χ1v) is 9.58. The van der Waals surface area contributed by atoms with Crippen molar-refractivity contribution in [1.29, 1.82) is 0 Å². The van der Waals surface area contributed by atoms with E-state index in [9.17, 15) is 4.79 Å². The van der Waals surface area contributed by atoms with Crippen LogP contribution in [0.25, 0.3) is 10.2 Å². The maximum atomic E-state index is 12.8. The van der Waals surface area contributed by atoms with E-state index in [1.807, 2.05) is 23.1 Å². The smallest absolute Gasteiger partial charge is 0.227 e. The van der Waals surface area contributed by atoms with E-state index in [0.717, 1.165) is 41.3 Å². The maximum absolute atomic E-state index is 12.8. The second-order valence-electron chi connectivity index (χ2n) is 6.31. The van der Waals surface area contributed by atoms with E-state index < -0.39 is 0 Å². The van der Waals surface area contributed by atoms with Crippen LogP contribution in [0.2, 0.25) is 5.02 Å². The molecule has 0 bridgehead atoms. The van der Waals surface area contributed by atoms with Crippen LogP contribution in [0, 0.1) is 5.92 Å². The van der Waals surface area contributed by atoms with Crippen molar-refractivity contribution in [2.75, 3.05) is 44.3 Å². The van der Waals surface area contributed by atoms with Crippen LogP contribution in [0.3, 0.4) is 0 Å². The lowest BCUT2D eigenvalue weighted by Gasteiger charge is -2.36. The molecule has 2 fully saturated rings. The van der Waals surface area contributed by atoms with Crippen molar-refractivity contribution in [1.82, 2.24) is 9.88 Å². The van der Waals surface area contributed by atoms with Crippen molar-refractivity contribution in [2.24, 2.45) is 5.92 Å². The zero-order valence-electron chi connectivity index (χ0n) is 13.4. The Morgan fingerprint density at radius 3 is 2.92 bits per heavy atom. The van der Waals surface area contributed by atoms with Gasteiger partial charge in [-0.05, 0) is 25.0 Å². The minimum absolute atomic E-state index is 0.0549. The summed E-state index contributed by atoms with van der Waals surface area (Å²) < 4.78 is 6.44. The largest absolute Gasteiger partial charge is 0.378 e. The molecule has 2 aliphatic rings. The molecule has 0 radical (unpaired) electrons. The van der Waals surface area contributed by atoms with E-state index in [0.29, 0.717) is 31.3 Å². The highest BCUT2D eigenvalue weighted by atomic mass is 35.5. The number of carbonyl (C=O) groups is 1. The molecule has 2 aliphatic heterocycles. The number of hydrogen-bond donors (Lipinski definition) is 0. The van der Waals surface area contributed by atoms with Gasteiger partial charge in [0.1, 0.15) is 5.52 Å². The summed E-state index contributed by atoms with van der Waals surface area (Å²) in [6, 6.07) is 5.87. The molecular weight excluding hydrogens is 346 g/mol. The third-order valence-electron chi connectivity index (χ3n) is 4.72. The van der Waals surface area contributed by atoms with Gasteiger partial charge in [0.25, 0.3) is 0 Å². The lowest BCUT2D eigenvalue weighted by molar-refractivity contribution is -0.139. The number of halogens is 1. The Kier molecular flexibility index (Phi) is 4.61. The zero-order chi connectivity index (χ0) is 16.5. The van der Waals surface area contributed by atoms with Gasteiger partial charge in [-0.3, -0.25) is 4.79 Å². The molecule has 3 heterocycles. The summed E-state index contributed by atoms with van der Waals surface area (Å²) in [6.45, 7) is 4.42. The number of anilines is 1. The van der Waals surface area contributed by atoms with Crippen molar-refractivity contribution in [3.8, 4) is 0 Å². The minimum atomic E-state index is 0.0549. The second kappa shape index (κ2) is 6.86. The van der Waals surface area contributed by atoms with E-state index in [1.165, 1.54) is 0 Å². The van der Waals surface area contributed by atoms with Gasteiger partial charge < -0.3 is 14.5 Å². The summed E-state index contributed by atoms with van der Waals surface area (Å²) >= 11 is 7.90. The number of hydrogen-bond acceptors (Lipinski definition) is 5. The summed E-state index contributed by atoms with van der Waals surface area (Å²) in [7, 11) is 0. The molecule has 24 heavy (non-hydrogen) atoms. The van der Waals surface area contributed by atoms with Crippen LogP contribution in [0.1, 0.15) is 12.8 Å². The number of fused-ring (bicyclic) bond motifs is 1. The molecule has 1 atom stereocenters. The fraction of sp³-hybridized carbons (Fsp3) is 0.529. The van der Waals surface area contributed by atoms with Gasteiger partial charge in [0, 0.05) is 26.2 Å². The van der Waals surface area contributed by atoms with E-state index in [4.69, 9.17) is 21.3 Å². The molecule has 1 unspecified atom stereocenters. The van der Waals surface area contributed by atoms with Gasteiger partial charge in [-0.15, -0.1) is 0 Å². The zero-order valence-corrected chi connectivity index (χ0v) is 15.0. The molecule has 2 saturated heterocycles. The van der Waals surface area contributed by atoms with Crippen molar-refractivity contribution >= 4 is 44.2 Å². The van der Waals surface area contributed by atoms with Crippen molar-refractivity contribution < 1.29 is 9.53 Å². The number of thiazole rings is 1. The van der Waals surface area contributed by atoms with Crippen LogP contribution < -0.4 is 4.90 Å². The monoisotopic (exact) mass is 365 g/mol. The Balaban J connectivity index is 1.51. The predicted molar refractivity (Wildman–Crippen MR) is 97.0 cm³/mol. The number of amides is 1. The summed E-state index contributed by atoms with van der Waals surface area (Å²) in [5.74, 6) is 0.321. The Labute approximate surface area is 150 Å². The SMILES string of the molecule is O=C(C1CCCN(c2nc3c(Cl)cccc3s2)C1)N1CCOCC1. The normalized spacial score (nSPS) is 22.1. The third kappa shape index (κ3) is 3.10. The molecule has 0 N–H and O–H groups in total. The molecule has 0 spiro atoms. The van der Waals surface area contributed by atoms with Crippen LogP contribution in [0.4, 0.5) is 5.13 Å². The fourth-order valence-corrected chi connectivity index (χ4v) is 4.73. The predicted octanol–water partition coefficient (Wildman–Crippen LogP) is 3.02. The number of morpholine rings is 1. The number of piperidine rings is 1. The van der Waals surface area contributed by atoms with Crippen LogP contribution >= 0.6 is 22.9 Å². The number of ether oxygens (including phenoxy) is 1. The topological polar surface area (TPSA) is 45.7 Å². The molecular formula is C17H20ClN3O2S. The second-order valence-corrected chi connectivity index (χ2v) is 7.72. The average Bonchev–Trinajstić information content (AvgIpc) is 3.08. The van der Waals surface area contributed by atoms with Gasteiger partial charge >= 0.3 is 0 Å². The van der Waals surface area contributed by atoms with Crippen molar-refractivity contribution in [2.45, 2.75) is 12.8 Å². The molecule has 1 aromatic carbocycles. The molecule has 128 valence electrons. The van der Waals surface area contributed by atoms with Crippen molar-refractivity contribution in [3.05, 3.63) is 23.2 Å². The number of benzene rings is 1. The first kappa shape index (κ1) is 16.1. The number of carbonyl (C=O) groups excluding carboxylic acids is 1. The molecule has 0 saturated carbocycles. The Bertz CT molecular complexity index is 745. The van der Waals surface area contributed by atoms with Crippen LogP contribution in [-0.4, -0.2) is 55.2 Å². The van der Waals surface area contributed by atoms with Gasteiger partial charge in [-0.25, -0.2) is 4.98 Å². The van der Waals surface area contributed by atoms with Gasteiger partial charge in [0.05, 0.1) is 28.9 Å². The highest BCUT2D eigenvalue weighted by molar-refractivity contribution is 7.22. The minimum Gasteiger partial charge on any atom is -0.378 e. The molecule has 4 rings (SSSR count). The Morgan fingerprint density at radius 2 is 2.12 bits per heavy atom. The fourth-order valence-electron chi connectivity index (χ4n) is 3.43. The summed E-state index contributed by atoms with van der Waals surface area (Å²) in [5.41, 5.74) is 0.862.